The SMILES string of the molecule is COC(=O)c1ccc(F)cc1/C=C\C1CCC(C(=O)OC)CN1C(=O)OC(C)(C)C. The normalized spacial score (nSPS) is 19.5. The first-order valence-corrected chi connectivity index (χ1v) is 9.69. The van der Waals surface area contributed by atoms with Crippen LogP contribution in [0, 0.1) is 11.7 Å². The zero-order valence-corrected chi connectivity index (χ0v) is 17.9. The lowest BCUT2D eigenvalue weighted by atomic mass is 9.92. The second-order valence-corrected chi connectivity index (χ2v) is 8.08. The fourth-order valence-corrected chi connectivity index (χ4v) is 3.26. The summed E-state index contributed by atoms with van der Waals surface area (Å²) in [6.45, 7) is 5.41. The van der Waals surface area contributed by atoms with Crippen LogP contribution in [0.1, 0.15) is 49.5 Å². The van der Waals surface area contributed by atoms with Crippen molar-refractivity contribution in [1.29, 1.82) is 0 Å². The maximum absolute atomic E-state index is 13.7. The van der Waals surface area contributed by atoms with Crippen molar-refractivity contribution in [2.24, 2.45) is 5.92 Å². The standard InChI is InChI=1S/C22H28FNO6/c1-22(2,3)30-21(27)24-13-15(19(25)28-4)7-10-17(24)9-6-14-12-16(23)8-11-18(14)20(26)29-5/h6,8-9,11-12,15,17H,7,10,13H2,1-5H3/b9-6-. The Hall–Kier alpha value is -2.90. The molecule has 0 bridgehead atoms. The lowest BCUT2D eigenvalue weighted by Gasteiger charge is -2.38. The van der Waals surface area contributed by atoms with Gasteiger partial charge in [0.2, 0.25) is 0 Å². The lowest BCUT2D eigenvalue weighted by Crippen LogP contribution is -2.49. The monoisotopic (exact) mass is 421 g/mol. The van der Waals surface area contributed by atoms with E-state index in [0.29, 0.717) is 18.4 Å². The summed E-state index contributed by atoms with van der Waals surface area (Å²) in [6, 6.07) is 3.36. The van der Waals surface area contributed by atoms with E-state index in [4.69, 9.17) is 14.2 Å². The molecule has 1 fully saturated rings. The number of amides is 1. The zero-order valence-electron chi connectivity index (χ0n) is 17.9. The number of likely N-dealkylation sites (tertiary alicyclic amines) is 1. The van der Waals surface area contributed by atoms with E-state index in [-0.39, 0.29) is 18.1 Å². The number of carbonyl (C=O) groups excluding carboxylic acids is 3. The number of esters is 2. The van der Waals surface area contributed by atoms with Crippen molar-refractivity contribution in [2.45, 2.75) is 45.3 Å². The highest BCUT2D eigenvalue weighted by Gasteiger charge is 2.36. The van der Waals surface area contributed by atoms with E-state index in [1.165, 1.54) is 37.3 Å². The zero-order chi connectivity index (χ0) is 22.5. The van der Waals surface area contributed by atoms with Gasteiger partial charge in [-0.25, -0.2) is 14.0 Å². The van der Waals surface area contributed by atoms with Crippen LogP contribution < -0.4 is 0 Å². The summed E-state index contributed by atoms with van der Waals surface area (Å²) in [5.74, 6) is -1.93. The second-order valence-electron chi connectivity index (χ2n) is 8.08. The largest absolute Gasteiger partial charge is 0.469 e. The smallest absolute Gasteiger partial charge is 0.410 e. The van der Waals surface area contributed by atoms with Crippen LogP contribution in [0.15, 0.2) is 24.3 Å². The van der Waals surface area contributed by atoms with Crippen molar-refractivity contribution in [3.05, 3.63) is 41.2 Å². The number of hydrogen-bond acceptors (Lipinski definition) is 6. The first-order valence-electron chi connectivity index (χ1n) is 9.69. The van der Waals surface area contributed by atoms with Crippen LogP contribution in [0.2, 0.25) is 0 Å². The Morgan fingerprint density at radius 2 is 1.83 bits per heavy atom. The number of halogens is 1. The Morgan fingerprint density at radius 3 is 2.43 bits per heavy atom. The summed E-state index contributed by atoms with van der Waals surface area (Å²) in [4.78, 5) is 38.2. The highest BCUT2D eigenvalue weighted by atomic mass is 19.1. The molecule has 2 atom stereocenters. The Bertz CT molecular complexity index is 829. The Labute approximate surface area is 175 Å². The first-order chi connectivity index (χ1) is 14.1. The van der Waals surface area contributed by atoms with Crippen molar-refractivity contribution < 1.29 is 33.0 Å². The van der Waals surface area contributed by atoms with Crippen LogP contribution in [0.5, 0.6) is 0 Å². The van der Waals surface area contributed by atoms with Gasteiger partial charge in [0.1, 0.15) is 11.4 Å². The molecular weight excluding hydrogens is 393 g/mol. The summed E-state index contributed by atoms with van der Waals surface area (Å²) in [5, 5.41) is 0. The molecule has 1 aliphatic rings. The molecule has 1 aromatic rings. The first kappa shape index (κ1) is 23.4. The molecule has 1 amide bonds. The van der Waals surface area contributed by atoms with E-state index in [2.05, 4.69) is 0 Å². The molecule has 30 heavy (non-hydrogen) atoms. The molecule has 0 N–H and O–H groups in total. The third-order valence-corrected chi connectivity index (χ3v) is 4.71. The minimum Gasteiger partial charge on any atom is -0.469 e. The van der Waals surface area contributed by atoms with Gasteiger partial charge in [-0.3, -0.25) is 4.79 Å². The molecule has 1 aromatic carbocycles. The molecule has 1 heterocycles. The van der Waals surface area contributed by atoms with Gasteiger partial charge in [-0.2, -0.15) is 0 Å². The van der Waals surface area contributed by atoms with Crippen LogP contribution in [0.3, 0.4) is 0 Å². The molecule has 1 aliphatic heterocycles. The Morgan fingerprint density at radius 1 is 1.13 bits per heavy atom. The number of hydrogen-bond donors (Lipinski definition) is 0. The van der Waals surface area contributed by atoms with Crippen LogP contribution in [0.4, 0.5) is 9.18 Å². The van der Waals surface area contributed by atoms with Gasteiger partial charge in [-0.1, -0.05) is 12.2 Å². The van der Waals surface area contributed by atoms with E-state index >= 15 is 0 Å². The summed E-state index contributed by atoms with van der Waals surface area (Å²) in [5.41, 5.74) is -0.159. The molecule has 8 heteroatoms. The number of ether oxygens (including phenoxy) is 3. The van der Waals surface area contributed by atoms with E-state index in [9.17, 15) is 18.8 Å². The highest BCUT2D eigenvalue weighted by Crippen LogP contribution is 2.27. The molecule has 1 saturated heterocycles. The molecule has 0 radical (unpaired) electrons. The maximum atomic E-state index is 13.7. The van der Waals surface area contributed by atoms with Crippen LogP contribution in [0.25, 0.3) is 6.08 Å². The molecule has 0 saturated carbocycles. The molecule has 7 nitrogen and oxygen atoms in total. The van der Waals surface area contributed by atoms with Crippen molar-refractivity contribution in [3.63, 3.8) is 0 Å². The maximum Gasteiger partial charge on any atom is 0.410 e. The van der Waals surface area contributed by atoms with E-state index < -0.39 is 35.4 Å². The Kier molecular flexibility index (Phi) is 7.59. The molecule has 2 rings (SSSR count). The Balaban J connectivity index is 2.31. The van der Waals surface area contributed by atoms with Gasteiger partial charge in [0, 0.05) is 6.54 Å². The van der Waals surface area contributed by atoms with Gasteiger partial charge in [0.25, 0.3) is 0 Å². The molecule has 2 unspecified atom stereocenters. The summed E-state index contributed by atoms with van der Waals surface area (Å²) >= 11 is 0. The number of nitrogens with zero attached hydrogens (tertiary/aromatic N) is 1. The van der Waals surface area contributed by atoms with Crippen LogP contribution in [-0.2, 0) is 19.0 Å². The number of piperidine rings is 1. The van der Waals surface area contributed by atoms with Gasteiger partial charge >= 0.3 is 18.0 Å². The molecule has 0 aliphatic carbocycles. The van der Waals surface area contributed by atoms with E-state index in [1.54, 1.807) is 32.9 Å². The summed E-state index contributed by atoms with van der Waals surface area (Å²) in [7, 11) is 2.56. The quantitative estimate of drug-likeness (QED) is 0.543. The van der Waals surface area contributed by atoms with Crippen molar-refractivity contribution in [2.75, 3.05) is 20.8 Å². The molecule has 0 aromatic heterocycles. The molecular formula is C22H28FNO6. The molecule has 164 valence electrons. The minimum absolute atomic E-state index is 0.142. The number of methoxy groups -OCH3 is 2. The second kappa shape index (κ2) is 9.73. The number of carbonyl (C=O) groups is 3. The predicted molar refractivity (Wildman–Crippen MR) is 108 cm³/mol. The number of rotatable bonds is 4. The highest BCUT2D eigenvalue weighted by molar-refractivity contribution is 5.93. The average Bonchev–Trinajstić information content (AvgIpc) is 2.69. The topological polar surface area (TPSA) is 82.1 Å². The van der Waals surface area contributed by atoms with Gasteiger partial charge in [-0.05, 0) is 57.4 Å². The van der Waals surface area contributed by atoms with Gasteiger partial charge < -0.3 is 19.1 Å². The van der Waals surface area contributed by atoms with Gasteiger partial charge in [-0.15, -0.1) is 0 Å². The number of benzene rings is 1. The van der Waals surface area contributed by atoms with Gasteiger partial charge in [0.05, 0.1) is 31.7 Å². The summed E-state index contributed by atoms with van der Waals surface area (Å²) < 4.78 is 28.8. The lowest BCUT2D eigenvalue weighted by molar-refractivity contribution is -0.147. The molecule has 0 spiro atoms. The predicted octanol–water partition coefficient (Wildman–Crippen LogP) is 3.81. The fourth-order valence-electron chi connectivity index (χ4n) is 3.26. The summed E-state index contributed by atoms with van der Waals surface area (Å²) in [6.07, 6.45) is 3.74. The third-order valence-electron chi connectivity index (χ3n) is 4.71. The van der Waals surface area contributed by atoms with Crippen molar-refractivity contribution >= 4 is 24.1 Å². The average molecular weight is 421 g/mol. The van der Waals surface area contributed by atoms with Crippen LogP contribution >= 0.6 is 0 Å². The van der Waals surface area contributed by atoms with E-state index in [1.807, 2.05) is 0 Å². The van der Waals surface area contributed by atoms with Crippen molar-refractivity contribution in [3.8, 4) is 0 Å². The van der Waals surface area contributed by atoms with Crippen molar-refractivity contribution in [1.82, 2.24) is 4.90 Å². The minimum atomic E-state index is -0.704. The fraction of sp³-hybridized carbons (Fsp3) is 0.500. The van der Waals surface area contributed by atoms with Gasteiger partial charge in [0.15, 0.2) is 0 Å². The van der Waals surface area contributed by atoms with E-state index in [0.717, 1.165) is 0 Å². The third kappa shape index (κ3) is 6.05. The van der Waals surface area contributed by atoms with Crippen LogP contribution in [-0.4, -0.2) is 55.3 Å².